The van der Waals surface area contributed by atoms with Gasteiger partial charge in [-0.05, 0) is 66.6 Å². The van der Waals surface area contributed by atoms with Crippen LogP contribution in [0, 0.1) is 0 Å². The summed E-state index contributed by atoms with van der Waals surface area (Å²) in [6.07, 6.45) is 0.882. The summed E-state index contributed by atoms with van der Waals surface area (Å²) in [5.41, 5.74) is 4.95. The average molecular weight is 340 g/mol. The molecule has 0 spiro atoms. The van der Waals surface area contributed by atoms with Crippen LogP contribution in [0.1, 0.15) is 11.1 Å². The SMILES string of the molecule is Oc1c(Br)cc2c(c1Br)Cc1ccccc1-2. The lowest BCUT2D eigenvalue weighted by atomic mass is 10.1. The van der Waals surface area contributed by atoms with Crippen molar-refractivity contribution in [2.45, 2.75) is 6.42 Å². The van der Waals surface area contributed by atoms with Gasteiger partial charge in [0.1, 0.15) is 5.75 Å². The predicted octanol–water partition coefficient (Wildman–Crippen LogP) is 4.49. The Labute approximate surface area is 110 Å². The maximum Gasteiger partial charge on any atom is 0.144 e. The maximum atomic E-state index is 9.86. The highest BCUT2D eigenvalue weighted by molar-refractivity contribution is 9.11. The van der Waals surface area contributed by atoms with E-state index in [2.05, 4.69) is 44.0 Å². The van der Waals surface area contributed by atoms with E-state index in [0.29, 0.717) is 0 Å². The van der Waals surface area contributed by atoms with Crippen LogP contribution in [0.5, 0.6) is 5.75 Å². The van der Waals surface area contributed by atoms with E-state index >= 15 is 0 Å². The van der Waals surface area contributed by atoms with Crippen LogP contribution in [-0.4, -0.2) is 5.11 Å². The second kappa shape index (κ2) is 3.60. The van der Waals surface area contributed by atoms with E-state index in [4.69, 9.17) is 0 Å². The van der Waals surface area contributed by atoms with Crippen molar-refractivity contribution in [1.29, 1.82) is 0 Å². The zero-order valence-corrected chi connectivity index (χ0v) is 11.5. The molecule has 0 amide bonds. The van der Waals surface area contributed by atoms with Crippen molar-refractivity contribution in [3.8, 4) is 16.9 Å². The van der Waals surface area contributed by atoms with Crippen LogP contribution in [-0.2, 0) is 6.42 Å². The zero-order chi connectivity index (χ0) is 11.3. The first-order chi connectivity index (χ1) is 7.68. The Kier molecular flexibility index (Phi) is 2.33. The van der Waals surface area contributed by atoms with Gasteiger partial charge in [-0.25, -0.2) is 0 Å². The van der Waals surface area contributed by atoms with Gasteiger partial charge in [0.15, 0.2) is 0 Å². The molecule has 16 heavy (non-hydrogen) atoms. The molecule has 80 valence electrons. The molecular formula is C13H8Br2O. The van der Waals surface area contributed by atoms with E-state index < -0.39 is 0 Å². The van der Waals surface area contributed by atoms with Crippen molar-refractivity contribution >= 4 is 31.9 Å². The molecule has 1 N–H and O–H groups in total. The lowest BCUT2D eigenvalue weighted by Gasteiger charge is -2.07. The molecule has 3 rings (SSSR count). The molecule has 0 saturated heterocycles. The number of phenols is 1. The van der Waals surface area contributed by atoms with E-state index in [-0.39, 0.29) is 5.75 Å². The molecule has 1 aliphatic carbocycles. The summed E-state index contributed by atoms with van der Waals surface area (Å²) in [7, 11) is 0. The van der Waals surface area contributed by atoms with E-state index in [1.165, 1.54) is 22.3 Å². The van der Waals surface area contributed by atoms with Gasteiger partial charge >= 0.3 is 0 Å². The van der Waals surface area contributed by atoms with E-state index in [1.54, 1.807) is 0 Å². The third-order valence-electron chi connectivity index (χ3n) is 2.97. The van der Waals surface area contributed by atoms with Crippen LogP contribution in [0.2, 0.25) is 0 Å². The van der Waals surface area contributed by atoms with Gasteiger partial charge < -0.3 is 5.11 Å². The smallest absolute Gasteiger partial charge is 0.144 e. The Morgan fingerprint density at radius 2 is 1.81 bits per heavy atom. The van der Waals surface area contributed by atoms with Crippen molar-refractivity contribution in [2.24, 2.45) is 0 Å². The fourth-order valence-electron chi connectivity index (χ4n) is 2.19. The molecule has 0 radical (unpaired) electrons. The van der Waals surface area contributed by atoms with Crippen molar-refractivity contribution in [2.75, 3.05) is 0 Å². The van der Waals surface area contributed by atoms with E-state index in [9.17, 15) is 5.11 Å². The molecule has 2 aromatic carbocycles. The molecule has 0 aliphatic heterocycles. The Morgan fingerprint density at radius 1 is 1.06 bits per heavy atom. The van der Waals surface area contributed by atoms with Gasteiger partial charge in [0.25, 0.3) is 0 Å². The zero-order valence-electron chi connectivity index (χ0n) is 8.30. The minimum absolute atomic E-state index is 0.284. The van der Waals surface area contributed by atoms with E-state index in [0.717, 1.165) is 15.4 Å². The summed E-state index contributed by atoms with van der Waals surface area (Å²) in [4.78, 5) is 0. The lowest BCUT2D eigenvalue weighted by Crippen LogP contribution is -1.84. The highest BCUT2D eigenvalue weighted by atomic mass is 79.9. The third kappa shape index (κ3) is 1.35. The van der Waals surface area contributed by atoms with Crippen molar-refractivity contribution in [1.82, 2.24) is 0 Å². The highest BCUT2D eigenvalue weighted by Gasteiger charge is 2.23. The molecule has 0 atom stereocenters. The van der Waals surface area contributed by atoms with Crippen molar-refractivity contribution in [3.05, 3.63) is 50.4 Å². The first-order valence-electron chi connectivity index (χ1n) is 4.96. The molecule has 2 aromatic rings. The molecule has 1 aliphatic rings. The van der Waals surface area contributed by atoms with Gasteiger partial charge in [0.2, 0.25) is 0 Å². The fourth-order valence-corrected chi connectivity index (χ4v) is 3.45. The van der Waals surface area contributed by atoms with Gasteiger partial charge in [-0.15, -0.1) is 0 Å². The monoisotopic (exact) mass is 338 g/mol. The van der Waals surface area contributed by atoms with Gasteiger partial charge in [-0.3, -0.25) is 0 Å². The molecule has 3 heteroatoms. The number of rotatable bonds is 0. The van der Waals surface area contributed by atoms with E-state index in [1.807, 2.05) is 18.2 Å². The number of fused-ring (bicyclic) bond motifs is 3. The number of benzene rings is 2. The normalized spacial score (nSPS) is 12.4. The molecule has 1 nitrogen and oxygen atoms in total. The minimum atomic E-state index is 0.284. The fraction of sp³-hybridized carbons (Fsp3) is 0.0769. The highest BCUT2D eigenvalue weighted by Crippen LogP contribution is 2.46. The van der Waals surface area contributed by atoms with Crippen LogP contribution in [0.3, 0.4) is 0 Å². The third-order valence-corrected chi connectivity index (χ3v) is 4.43. The number of hydrogen-bond acceptors (Lipinski definition) is 1. The predicted molar refractivity (Wildman–Crippen MR) is 71.7 cm³/mol. The summed E-state index contributed by atoms with van der Waals surface area (Å²) in [6, 6.07) is 10.3. The first-order valence-corrected chi connectivity index (χ1v) is 6.55. The Hall–Kier alpha value is -0.800. The molecule has 0 fully saturated rings. The van der Waals surface area contributed by atoms with Crippen LogP contribution in [0.25, 0.3) is 11.1 Å². The molecule has 0 bridgehead atoms. The van der Waals surface area contributed by atoms with Crippen molar-refractivity contribution in [3.63, 3.8) is 0 Å². The number of aromatic hydroxyl groups is 1. The number of hydrogen-bond donors (Lipinski definition) is 1. The summed E-state index contributed by atoms with van der Waals surface area (Å²) in [5.74, 6) is 0.284. The summed E-state index contributed by atoms with van der Waals surface area (Å²) in [6.45, 7) is 0. The van der Waals surface area contributed by atoms with Gasteiger partial charge in [-0.1, -0.05) is 24.3 Å². The average Bonchev–Trinajstić information content (AvgIpc) is 2.65. The minimum Gasteiger partial charge on any atom is -0.506 e. The summed E-state index contributed by atoms with van der Waals surface area (Å²) < 4.78 is 1.53. The quantitative estimate of drug-likeness (QED) is 0.639. The lowest BCUT2D eigenvalue weighted by molar-refractivity contribution is 0.468. The number of halogens is 2. The Morgan fingerprint density at radius 3 is 2.62 bits per heavy atom. The summed E-state index contributed by atoms with van der Waals surface area (Å²) >= 11 is 6.83. The second-order valence-corrected chi connectivity index (χ2v) is 5.53. The molecule has 0 saturated carbocycles. The second-order valence-electron chi connectivity index (χ2n) is 3.88. The van der Waals surface area contributed by atoms with Crippen LogP contribution >= 0.6 is 31.9 Å². The van der Waals surface area contributed by atoms with Crippen molar-refractivity contribution < 1.29 is 5.11 Å². The van der Waals surface area contributed by atoms with Gasteiger partial charge in [0, 0.05) is 0 Å². The van der Waals surface area contributed by atoms with Crippen LogP contribution in [0.15, 0.2) is 39.3 Å². The Bertz CT molecular complexity index is 591. The first kappa shape index (κ1) is 10.4. The molecule has 0 heterocycles. The number of phenolic OH excluding ortho intramolecular Hbond substituents is 1. The van der Waals surface area contributed by atoms with Crippen LogP contribution < -0.4 is 0 Å². The Balaban J connectivity index is 2.34. The molecular weight excluding hydrogens is 332 g/mol. The molecule has 0 unspecified atom stereocenters. The van der Waals surface area contributed by atoms with Gasteiger partial charge in [-0.2, -0.15) is 0 Å². The van der Waals surface area contributed by atoms with Crippen LogP contribution in [0.4, 0.5) is 0 Å². The maximum absolute atomic E-state index is 9.86. The largest absolute Gasteiger partial charge is 0.506 e. The standard InChI is InChI=1S/C13H8Br2O/c14-11-6-9-8-4-2-1-3-7(8)5-10(9)12(15)13(11)16/h1-4,6,16H,5H2. The van der Waals surface area contributed by atoms with Gasteiger partial charge in [0.05, 0.1) is 8.95 Å². The molecule has 0 aromatic heterocycles. The summed E-state index contributed by atoms with van der Waals surface area (Å²) in [5, 5.41) is 9.86. The topological polar surface area (TPSA) is 20.2 Å².